The fraction of sp³-hybridized carbons (Fsp3) is 0.954. The van der Waals surface area contributed by atoms with E-state index in [1.165, 1.54) is 276 Å². The summed E-state index contributed by atoms with van der Waals surface area (Å²) in [5, 5.41) is 10.7. The number of ether oxygens (including phenoxy) is 4. The van der Waals surface area contributed by atoms with Crippen LogP contribution in [0.25, 0.3) is 0 Å². The number of phosphoric acid groups is 2. The topological polar surface area (TPSA) is 237 Å². The lowest BCUT2D eigenvalue weighted by Gasteiger charge is -2.21. The highest BCUT2D eigenvalue weighted by Gasteiger charge is 2.30. The Morgan fingerprint density at radius 3 is 0.642 bits per heavy atom. The predicted molar refractivity (Wildman–Crippen MR) is 437 cm³/mol. The molecule has 3 N–H and O–H groups in total. The van der Waals surface area contributed by atoms with Crippen molar-refractivity contribution in [1.29, 1.82) is 0 Å². The summed E-state index contributed by atoms with van der Waals surface area (Å²) in [5.41, 5.74) is 0. The van der Waals surface area contributed by atoms with Gasteiger partial charge >= 0.3 is 39.5 Å². The maximum atomic E-state index is 13.2. The van der Waals surface area contributed by atoms with E-state index < -0.39 is 97.5 Å². The third kappa shape index (κ3) is 80.1. The van der Waals surface area contributed by atoms with Gasteiger partial charge < -0.3 is 33.8 Å². The Bertz CT molecular complexity index is 2030. The number of esters is 4. The highest BCUT2D eigenvalue weighted by molar-refractivity contribution is 7.47. The van der Waals surface area contributed by atoms with Crippen molar-refractivity contribution in [3.63, 3.8) is 0 Å². The van der Waals surface area contributed by atoms with Crippen LogP contribution in [0.4, 0.5) is 0 Å². The van der Waals surface area contributed by atoms with Crippen LogP contribution in [-0.2, 0) is 65.4 Å². The van der Waals surface area contributed by atoms with Crippen LogP contribution in [0.2, 0.25) is 0 Å². The number of rotatable bonds is 86. The molecule has 5 atom stereocenters. The molecule has 0 aromatic heterocycles. The molecule has 0 aliphatic rings. The van der Waals surface area contributed by atoms with Crippen molar-refractivity contribution < 1.29 is 80.2 Å². The highest BCUT2D eigenvalue weighted by Crippen LogP contribution is 2.45. The lowest BCUT2D eigenvalue weighted by atomic mass is 10.0. The molecular weight excluding hydrogens is 1380 g/mol. The Balaban J connectivity index is 5.20. The summed E-state index contributed by atoms with van der Waals surface area (Å²) in [6.07, 6.45) is 71.1. The molecule has 0 fully saturated rings. The normalized spacial score (nSPS) is 13.8. The van der Waals surface area contributed by atoms with Crippen LogP contribution in [-0.4, -0.2) is 96.7 Å². The van der Waals surface area contributed by atoms with Gasteiger partial charge in [-0.2, -0.15) is 0 Å². The smallest absolute Gasteiger partial charge is 0.462 e. The molecule has 0 aromatic carbocycles. The van der Waals surface area contributed by atoms with E-state index in [9.17, 15) is 43.2 Å². The number of hydrogen-bond acceptors (Lipinski definition) is 15. The van der Waals surface area contributed by atoms with Crippen molar-refractivity contribution in [3.8, 4) is 0 Å². The zero-order chi connectivity index (χ0) is 77.8. The van der Waals surface area contributed by atoms with Gasteiger partial charge in [0.15, 0.2) is 12.2 Å². The zero-order valence-corrected chi connectivity index (χ0v) is 71.5. The summed E-state index contributed by atoms with van der Waals surface area (Å²) >= 11 is 0. The van der Waals surface area contributed by atoms with Gasteiger partial charge in [-0.1, -0.05) is 414 Å². The van der Waals surface area contributed by atoms with Gasteiger partial charge in [-0.15, -0.1) is 0 Å². The van der Waals surface area contributed by atoms with Gasteiger partial charge in [0.1, 0.15) is 19.3 Å². The van der Waals surface area contributed by atoms with Gasteiger partial charge in [0, 0.05) is 25.7 Å². The van der Waals surface area contributed by atoms with Crippen LogP contribution < -0.4 is 0 Å². The minimum Gasteiger partial charge on any atom is -0.462 e. The molecule has 0 heterocycles. The van der Waals surface area contributed by atoms with E-state index >= 15 is 0 Å². The van der Waals surface area contributed by atoms with E-state index in [4.69, 9.17) is 37.0 Å². The fourth-order valence-electron chi connectivity index (χ4n) is 13.6. The monoisotopic (exact) mass is 1550 g/mol. The number of carbonyl (C=O) groups excluding carboxylic acids is 4. The Morgan fingerprint density at radius 1 is 0.255 bits per heavy atom. The van der Waals surface area contributed by atoms with Crippen molar-refractivity contribution in [1.82, 2.24) is 0 Å². The summed E-state index contributed by atoms with van der Waals surface area (Å²) in [7, 11) is -9.93. The van der Waals surface area contributed by atoms with E-state index in [1.807, 2.05) is 0 Å². The third-order valence-corrected chi connectivity index (χ3v) is 22.4. The Hall–Kier alpha value is -1.94. The van der Waals surface area contributed by atoms with Crippen molar-refractivity contribution in [2.75, 3.05) is 39.6 Å². The molecule has 106 heavy (non-hydrogen) atoms. The number of phosphoric ester groups is 2. The van der Waals surface area contributed by atoms with Gasteiger partial charge in [-0.25, -0.2) is 9.13 Å². The molecule has 0 bridgehead atoms. The van der Waals surface area contributed by atoms with Crippen molar-refractivity contribution in [2.24, 2.45) is 11.8 Å². The number of hydrogen-bond donors (Lipinski definition) is 3. The predicted octanol–water partition coefficient (Wildman–Crippen LogP) is 26.6. The Labute approximate surface area is 651 Å². The first-order valence-electron chi connectivity index (χ1n) is 45.0. The van der Waals surface area contributed by atoms with Gasteiger partial charge in [0.2, 0.25) is 0 Å². The summed E-state index contributed by atoms with van der Waals surface area (Å²) in [6.45, 7) is 9.61. The molecule has 0 aliphatic heterocycles. The van der Waals surface area contributed by atoms with Crippen LogP contribution in [0.1, 0.15) is 465 Å². The number of carbonyl (C=O) groups is 4. The zero-order valence-electron chi connectivity index (χ0n) is 69.7. The van der Waals surface area contributed by atoms with Gasteiger partial charge in [0.25, 0.3) is 0 Å². The maximum Gasteiger partial charge on any atom is 0.472 e. The largest absolute Gasteiger partial charge is 0.472 e. The van der Waals surface area contributed by atoms with Crippen LogP contribution >= 0.6 is 15.6 Å². The van der Waals surface area contributed by atoms with E-state index in [1.54, 1.807) is 0 Å². The molecule has 19 heteroatoms. The molecule has 17 nitrogen and oxygen atoms in total. The molecule has 630 valence electrons. The third-order valence-electron chi connectivity index (χ3n) is 20.5. The fourth-order valence-corrected chi connectivity index (χ4v) is 15.2. The molecule has 0 amide bonds. The SMILES string of the molecule is CCCCCCCCCCCCCCCCCCCCCCC(=O)OC[C@H](COP(=O)(O)OC[C@@H](O)COP(=O)(O)OC[C@@H](COC(=O)CCCCCCCCC(C)C)OC(=O)CCCCCCCCCCCCCCCCC(C)C)OC(=O)CCCCCCCCCCCCCCCCCCCCCC. The average Bonchev–Trinajstić information content (AvgIpc) is 0.904. The minimum atomic E-state index is -4.97. The molecular formula is C87H170O17P2. The van der Waals surface area contributed by atoms with E-state index in [2.05, 4.69) is 41.5 Å². The van der Waals surface area contributed by atoms with Crippen LogP contribution in [0.5, 0.6) is 0 Å². The highest BCUT2D eigenvalue weighted by atomic mass is 31.2. The molecule has 0 saturated carbocycles. The minimum absolute atomic E-state index is 0.107. The Morgan fingerprint density at radius 2 is 0.434 bits per heavy atom. The lowest BCUT2D eigenvalue weighted by Crippen LogP contribution is -2.30. The first-order chi connectivity index (χ1) is 51.4. The maximum absolute atomic E-state index is 13.2. The van der Waals surface area contributed by atoms with Crippen LogP contribution in [0.3, 0.4) is 0 Å². The quantitative estimate of drug-likeness (QED) is 0.0222. The van der Waals surface area contributed by atoms with Gasteiger partial charge in [-0.3, -0.25) is 37.3 Å². The molecule has 0 aliphatic carbocycles. The second-order valence-electron chi connectivity index (χ2n) is 32.2. The Kier molecular flexibility index (Phi) is 76.9. The molecule has 0 rings (SSSR count). The molecule has 2 unspecified atom stereocenters. The average molecular weight is 1550 g/mol. The summed E-state index contributed by atoms with van der Waals surface area (Å²) in [6, 6.07) is 0. The number of unbranched alkanes of at least 4 members (excludes halogenated alkanes) is 56. The van der Waals surface area contributed by atoms with E-state index in [0.717, 1.165) is 102 Å². The summed E-state index contributed by atoms with van der Waals surface area (Å²) in [5.74, 6) is -0.630. The van der Waals surface area contributed by atoms with E-state index in [0.29, 0.717) is 31.6 Å². The van der Waals surface area contributed by atoms with Crippen molar-refractivity contribution in [2.45, 2.75) is 484 Å². The van der Waals surface area contributed by atoms with E-state index in [-0.39, 0.29) is 25.7 Å². The van der Waals surface area contributed by atoms with Crippen LogP contribution in [0.15, 0.2) is 0 Å². The molecule has 0 aromatic rings. The second-order valence-corrected chi connectivity index (χ2v) is 35.1. The second kappa shape index (κ2) is 78.3. The van der Waals surface area contributed by atoms with Gasteiger partial charge in [-0.05, 0) is 37.5 Å². The standard InChI is InChI=1S/C87H170O17P2/c1-7-9-11-13-15-17-19-21-23-25-27-29-31-33-38-42-46-50-57-63-69-84(89)97-75-82(103-86(91)71-65-59-51-47-43-39-34-32-30-28-26-24-22-20-18-16-14-12-10-8-2)77-101-105(93,94)99-73-81(88)74-100-106(95,96)102-78-83(76-98-85(90)70-64-58-54-53-56-62-68-80(5)6)104-87(92)72-66-60-52-48-44-40-36-35-37-41-45-49-55-61-67-79(3)4/h79-83,88H,7-78H2,1-6H3,(H,93,94)(H,95,96)/t81-,82-,83-/m1/s1. The lowest BCUT2D eigenvalue weighted by molar-refractivity contribution is -0.161. The first kappa shape index (κ1) is 104. The number of aliphatic hydroxyl groups excluding tert-OH is 1. The van der Waals surface area contributed by atoms with Crippen molar-refractivity contribution in [3.05, 3.63) is 0 Å². The van der Waals surface area contributed by atoms with Crippen LogP contribution in [0, 0.1) is 11.8 Å². The molecule has 0 radical (unpaired) electrons. The summed E-state index contributed by atoms with van der Waals surface area (Å²) in [4.78, 5) is 73.2. The number of aliphatic hydroxyl groups is 1. The molecule has 0 spiro atoms. The molecule has 0 saturated heterocycles. The summed E-state index contributed by atoms with van der Waals surface area (Å²) < 4.78 is 68.9. The first-order valence-corrected chi connectivity index (χ1v) is 48.0. The van der Waals surface area contributed by atoms with Gasteiger partial charge in [0.05, 0.1) is 26.4 Å². The van der Waals surface area contributed by atoms with Crippen molar-refractivity contribution >= 4 is 39.5 Å².